The van der Waals surface area contributed by atoms with Crippen LogP contribution in [0.3, 0.4) is 0 Å². The number of allylic oxidation sites excluding steroid dienone is 3. The zero-order chi connectivity index (χ0) is 14.1. The fourth-order valence-corrected chi connectivity index (χ4v) is 2.49. The van der Waals surface area contributed by atoms with Crippen LogP contribution in [0.2, 0.25) is 0 Å². The molecule has 4 heteroatoms. The molecule has 0 heterocycles. The van der Waals surface area contributed by atoms with E-state index in [1.54, 1.807) is 13.8 Å². The van der Waals surface area contributed by atoms with Gasteiger partial charge >= 0.3 is 6.18 Å². The van der Waals surface area contributed by atoms with Gasteiger partial charge in [-0.3, -0.25) is 0 Å². The molecule has 0 atom stereocenters. The van der Waals surface area contributed by atoms with Crippen LogP contribution < -0.4 is 0 Å². The lowest BCUT2D eigenvalue weighted by molar-refractivity contribution is -0.0953. The standard InChI is InChI=1S/C14H21F3O/c1-8(2)10-6-7-11(9(3)4)13(18-5)12(10)14(15,16)17/h8-9H,6-7H2,1-5H3. The van der Waals surface area contributed by atoms with Gasteiger partial charge in [0.2, 0.25) is 0 Å². The first-order chi connectivity index (χ1) is 8.20. The molecule has 1 aliphatic rings. The summed E-state index contributed by atoms with van der Waals surface area (Å²) < 4.78 is 44.8. The molecule has 1 nitrogen and oxygen atoms in total. The van der Waals surface area contributed by atoms with E-state index >= 15 is 0 Å². The number of alkyl halides is 3. The molecule has 0 aliphatic heterocycles. The lowest BCUT2D eigenvalue weighted by Gasteiger charge is -2.30. The minimum atomic E-state index is -4.34. The topological polar surface area (TPSA) is 9.23 Å². The maximum Gasteiger partial charge on any atom is 0.419 e. The van der Waals surface area contributed by atoms with E-state index in [1.165, 1.54) is 7.11 Å². The normalized spacial score (nSPS) is 18.1. The quantitative estimate of drug-likeness (QED) is 0.706. The van der Waals surface area contributed by atoms with Gasteiger partial charge in [-0.25, -0.2) is 0 Å². The molecule has 0 radical (unpaired) electrons. The average Bonchev–Trinajstić information content (AvgIpc) is 2.25. The largest absolute Gasteiger partial charge is 0.496 e. The highest BCUT2D eigenvalue weighted by Crippen LogP contribution is 2.44. The Labute approximate surface area is 107 Å². The fraction of sp³-hybridized carbons (Fsp3) is 0.714. The Hall–Kier alpha value is -0.930. The monoisotopic (exact) mass is 262 g/mol. The average molecular weight is 262 g/mol. The molecule has 0 N–H and O–H groups in total. The van der Waals surface area contributed by atoms with Gasteiger partial charge in [-0.15, -0.1) is 0 Å². The van der Waals surface area contributed by atoms with Crippen molar-refractivity contribution in [1.29, 1.82) is 0 Å². The van der Waals surface area contributed by atoms with Crippen molar-refractivity contribution < 1.29 is 17.9 Å². The van der Waals surface area contributed by atoms with Crippen LogP contribution in [0.4, 0.5) is 13.2 Å². The van der Waals surface area contributed by atoms with E-state index in [0.717, 1.165) is 5.57 Å². The lowest BCUT2D eigenvalue weighted by Crippen LogP contribution is -2.24. The second-order valence-corrected chi connectivity index (χ2v) is 5.27. The van der Waals surface area contributed by atoms with Gasteiger partial charge in [0.15, 0.2) is 0 Å². The van der Waals surface area contributed by atoms with E-state index < -0.39 is 11.7 Å². The van der Waals surface area contributed by atoms with Crippen molar-refractivity contribution in [2.24, 2.45) is 11.8 Å². The van der Waals surface area contributed by atoms with E-state index in [9.17, 15) is 13.2 Å². The smallest absolute Gasteiger partial charge is 0.419 e. The van der Waals surface area contributed by atoms with E-state index in [1.807, 2.05) is 13.8 Å². The van der Waals surface area contributed by atoms with Crippen molar-refractivity contribution in [3.05, 3.63) is 22.5 Å². The van der Waals surface area contributed by atoms with Crippen molar-refractivity contribution >= 4 is 0 Å². The maximum atomic E-state index is 13.3. The molecule has 0 bridgehead atoms. The van der Waals surface area contributed by atoms with Crippen molar-refractivity contribution in [2.75, 3.05) is 7.11 Å². The number of rotatable bonds is 3. The van der Waals surface area contributed by atoms with Crippen LogP contribution in [0.15, 0.2) is 22.5 Å². The molecule has 0 spiro atoms. The van der Waals surface area contributed by atoms with Crippen molar-refractivity contribution in [1.82, 2.24) is 0 Å². The second kappa shape index (κ2) is 5.37. The Morgan fingerprint density at radius 1 is 0.944 bits per heavy atom. The zero-order valence-electron chi connectivity index (χ0n) is 11.6. The Morgan fingerprint density at radius 2 is 1.39 bits per heavy atom. The Morgan fingerprint density at radius 3 is 1.72 bits per heavy atom. The zero-order valence-corrected chi connectivity index (χ0v) is 11.6. The van der Waals surface area contributed by atoms with E-state index in [-0.39, 0.29) is 17.6 Å². The molecule has 0 aromatic carbocycles. The van der Waals surface area contributed by atoms with Gasteiger partial charge in [-0.05, 0) is 30.3 Å². The highest BCUT2D eigenvalue weighted by Gasteiger charge is 2.42. The van der Waals surface area contributed by atoms with E-state index in [4.69, 9.17) is 4.74 Å². The molecule has 104 valence electrons. The minimum absolute atomic E-state index is 0.0486. The van der Waals surface area contributed by atoms with Crippen LogP contribution in [-0.2, 0) is 4.74 Å². The van der Waals surface area contributed by atoms with Gasteiger partial charge in [0.1, 0.15) is 5.76 Å². The number of methoxy groups -OCH3 is 1. The minimum Gasteiger partial charge on any atom is -0.496 e. The first kappa shape index (κ1) is 15.1. The Balaban J connectivity index is 3.45. The van der Waals surface area contributed by atoms with Gasteiger partial charge in [-0.2, -0.15) is 13.2 Å². The van der Waals surface area contributed by atoms with Crippen molar-refractivity contribution in [3.63, 3.8) is 0 Å². The molecule has 0 saturated heterocycles. The van der Waals surface area contributed by atoms with Crippen LogP contribution >= 0.6 is 0 Å². The van der Waals surface area contributed by atoms with E-state index in [2.05, 4.69) is 0 Å². The van der Waals surface area contributed by atoms with Crippen LogP contribution in [0.5, 0.6) is 0 Å². The molecule has 0 saturated carbocycles. The number of hydrogen-bond donors (Lipinski definition) is 0. The summed E-state index contributed by atoms with van der Waals surface area (Å²) in [5.41, 5.74) is 0.688. The molecular weight excluding hydrogens is 241 g/mol. The summed E-state index contributed by atoms with van der Waals surface area (Å²) in [6.07, 6.45) is -3.20. The molecule has 0 aromatic rings. The van der Waals surface area contributed by atoms with E-state index in [0.29, 0.717) is 18.4 Å². The summed E-state index contributed by atoms with van der Waals surface area (Å²) in [7, 11) is 1.33. The first-order valence-electron chi connectivity index (χ1n) is 6.27. The molecule has 0 amide bonds. The lowest BCUT2D eigenvalue weighted by atomic mass is 9.81. The molecule has 0 fully saturated rings. The summed E-state index contributed by atoms with van der Waals surface area (Å²) in [5, 5.41) is 0. The Kier molecular flexibility index (Phi) is 4.51. The molecule has 1 rings (SSSR count). The third-order valence-corrected chi connectivity index (χ3v) is 3.38. The molecule has 18 heavy (non-hydrogen) atoms. The Bertz CT molecular complexity index is 373. The predicted octanol–water partition coefficient (Wildman–Crippen LogP) is 4.85. The maximum absolute atomic E-state index is 13.3. The summed E-state index contributed by atoms with van der Waals surface area (Å²) in [4.78, 5) is 0. The first-order valence-corrected chi connectivity index (χ1v) is 6.27. The summed E-state index contributed by atoms with van der Waals surface area (Å²) in [5.74, 6) is 0.0129. The van der Waals surface area contributed by atoms with Gasteiger partial charge in [-0.1, -0.05) is 33.3 Å². The van der Waals surface area contributed by atoms with Gasteiger partial charge < -0.3 is 4.74 Å². The molecular formula is C14H21F3O. The van der Waals surface area contributed by atoms with Crippen LogP contribution in [0.1, 0.15) is 40.5 Å². The van der Waals surface area contributed by atoms with Crippen LogP contribution in [0.25, 0.3) is 0 Å². The van der Waals surface area contributed by atoms with Crippen LogP contribution in [0, 0.1) is 11.8 Å². The predicted molar refractivity (Wildman–Crippen MR) is 66.0 cm³/mol. The second-order valence-electron chi connectivity index (χ2n) is 5.27. The summed E-state index contributed by atoms with van der Waals surface area (Å²) in [6.45, 7) is 7.41. The highest BCUT2D eigenvalue weighted by molar-refractivity contribution is 5.43. The third-order valence-electron chi connectivity index (χ3n) is 3.38. The number of ether oxygens (including phenoxy) is 1. The van der Waals surface area contributed by atoms with Crippen molar-refractivity contribution in [2.45, 2.75) is 46.7 Å². The highest BCUT2D eigenvalue weighted by atomic mass is 19.4. The van der Waals surface area contributed by atoms with Gasteiger partial charge in [0, 0.05) is 0 Å². The third kappa shape index (κ3) is 2.90. The van der Waals surface area contributed by atoms with Gasteiger partial charge in [0.05, 0.1) is 12.7 Å². The number of halogens is 3. The summed E-state index contributed by atoms with van der Waals surface area (Å²) >= 11 is 0. The molecule has 0 aromatic heterocycles. The molecule has 0 unspecified atom stereocenters. The van der Waals surface area contributed by atoms with Crippen molar-refractivity contribution in [3.8, 4) is 0 Å². The molecule has 1 aliphatic carbocycles. The van der Waals surface area contributed by atoms with Crippen LogP contribution in [-0.4, -0.2) is 13.3 Å². The summed E-state index contributed by atoms with van der Waals surface area (Å²) in [6, 6.07) is 0. The fourth-order valence-electron chi connectivity index (χ4n) is 2.49. The van der Waals surface area contributed by atoms with Gasteiger partial charge in [0.25, 0.3) is 0 Å². The number of hydrogen-bond acceptors (Lipinski definition) is 1. The SMILES string of the molecule is COC1=C(C(C)C)CCC(C(C)C)=C1C(F)(F)F.